The lowest BCUT2D eigenvalue weighted by Gasteiger charge is -2.36. The zero-order valence-corrected chi connectivity index (χ0v) is 9.15. The highest BCUT2D eigenvalue weighted by atomic mass is 16.5. The molecular weight excluding hydrogens is 192 g/mol. The average molecular weight is 212 g/mol. The second-order valence-electron chi connectivity index (χ2n) is 4.81. The first kappa shape index (κ1) is 10.9. The van der Waals surface area contributed by atoms with Gasteiger partial charge in [-0.15, -0.1) is 0 Å². The minimum absolute atomic E-state index is 0.0217. The van der Waals surface area contributed by atoms with Gasteiger partial charge < -0.3 is 9.84 Å². The fraction of sp³-hybridized carbons (Fsp3) is 0.917. The van der Waals surface area contributed by atoms with E-state index in [2.05, 4.69) is 0 Å². The summed E-state index contributed by atoms with van der Waals surface area (Å²) in [5.74, 6) is 0.744. The van der Waals surface area contributed by atoms with Gasteiger partial charge >= 0.3 is 5.97 Å². The Morgan fingerprint density at radius 1 is 1.20 bits per heavy atom. The van der Waals surface area contributed by atoms with E-state index >= 15 is 0 Å². The Morgan fingerprint density at radius 2 is 2.00 bits per heavy atom. The van der Waals surface area contributed by atoms with Gasteiger partial charge in [-0.25, -0.2) is 0 Å². The zero-order chi connectivity index (χ0) is 10.7. The van der Waals surface area contributed by atoms with E-state index < -0.39 is 0 Å². The maximum Gasteiger partial charge on any atom is 0.309 e. The van der Waals surface area contributed by atoms with Gasteiger partial charge in [-0.05, 0) is 37.5 Å². The Kier molecular flexibility index (Phi) is 3.62. The van der Waals surface area contributed by atoms with E-state index in [1.165, 1.54) is 12.8 Å². The van der Waals surface area contributed by atoms with Crippen LogP contribution in [0.15, 0.2) is 0 Å². The number of carbonyl (C=O) groups excluding carboxylic acids is 1. The molecule has 1 aliphatic heterocycles. The molecule has 1 aliphatic carbocycles. The minimum Gasteiger partial charge on any atom is -0.465 e. The first-order valence-corrected chi connectivity index (χ1v) is 6.10. The first-order chi connectivity index (χ1) is 7.33. The summed E-state index contributed by atoms with van der Waals surface area (Å²) < 4.78 is 5.12. The molecule has 1 saturated heterocycles. The van der Waals surface area contributed by atoms with Crippen molar-refractivity contribution in [2.75, 3.05) is 13.2 Å². The number of carbonyl (C=O) groups is 1. The Morgan fingerprint density at radius 3 is 2.73 bits per heavy atom. The molecule has 1 heterocycles. The Hall–Kier alpha value is -0.570. The van der Waals surface area contributed by atoms with Crippen LogP contribution in [0, 0.1) is 17.8 Å². The summed E-state index contributed by atoms with van der Waals surface area (Å²) in [7, 11) is 0. The molecule has 86 valence electrons. The molecule has 1 N–H and O–H groups in total. The van der Waals surface area contributed by atoms with Crippen molar-refractivity contribution in [1.29, 1.82) is 0 Å². The van der Waals surface area contributed by atoms with Crippen LogP contribution in [0.5, 0.6) is 0 Å². The highest BCUT2D eigenvalue weighted by Gasteiger charge is 2.37. The van der Waals surface area contributed by atoms with Gasteiger partial charge in [0.15, 0.2) is 0 Å². The van der Waals surface area contributed by atoms with Crippen LogP contribution in [0.3, 0.4) is 0 Å². The molecule has 2 fully saturated rings. The summed E-state index contributed by atoms with van der Waals surface area (Å²) in [6.45, 7) is 0.820. The van der Waals surface area contributed by atoms with E-state index in [9.17, 15) is 9.90 Å². The highest BCUT2D eigenvalue weighted by molar-refractivity contribution is 5.73. The summed E-state index contributed by atoms with van der Waals surface area (Å²) >= 11 is 0. The number of ether oxygens (including phenoxy) is 1. The van der Waals surface area contributed by atoms with Crippen molar-refractivity contribution in [3.05, 3.63) is 0 Å². The third-order valence-electron chi connectivity index (χ3n) is 3.93. The van der Waals surface area contributed by atoms with E-state index in [1.54, 1.807) is 0 Å². The minimum atomic E-state index is -0.0217. The topological polar surface area (TPSA) is 46.5 Å². The molecule has 2 rings (SSSR count). The van der Waals surface area contributed by atoms with Crippen molar-refractivity contribution in [3.63, 3.8) is 0 Å². The van der Waals surface area contributed by atoms with Crippen LogP contribution in [-0.2, 0) is 9.53 Å². The lowest BCUT2D eigenvalue weighted by atomic mass is 9.71. The van der Waals surface area contributed by atoms with Crippen molar-refractivity contribution < 1.29 is 14.6 Å². The second kappa shape index (κ2) is 4.97. The van der Waals surface area contributed by atoms with Gasteiger partial charge in [0.1, 0.15) is 0 Å². The van der Waals surface area contributed by atoms with Crippen LogP contribution in [0.25, 0.3) is 0 Å². The Labute approximate surface area is 90.8 Å². The quantitative estimate of drug-likeness (QED) is 0.709. The molecule has 1 saturated carbocycles. The molecule has 0 bridgehead atoms. The van der Waals surface area contributed by atoms with Gasteiger partial charge in [0.25, 0.3) is 0 Å². The number of aliphatic hydroxyl groups excluding tert-OH is 1. The molecule has 0 amide bonds. The molecule has 15 heavy (non-hydrogen) atoms. The third kappa shape index (κ3) is 2.33. The molecule has 3 heteroatoms. The van der Waals surface area contributed by atoms with Crippen LogP contribution in [0.1, 0.15) is 38.5 Å². The van der Waals surface area contributed by atoms with Gasteiger partial charge in [-0.1, -0.05) is 12.8 Å². The van der Waals surface area contributed by atoms with E-state index in [4.69, 9.17) is 4.74 Å². The van der Waals surface area contributed by atoms with Crippen LogP contribution >= 0.6 is 0 Å². The molecular formula is C12H20O3. The number of esters is 1. The van der Waals surface area contributed by atoms with Crippen LogP contribution in [0.4, 0.5) is 0 Å². The van der Waals surface area contributed by atoms with Crippen molar-refractivity contribution in [1.82, 2.24) is 0 Å². The molecule has 3 atom stereocenters. The molecule has 3 nitrogen and oxygen atoms in total. The molecule has 0 aromatic rings. The predicted octanol–water partition coefficient (Wildman–Crippen LogP) is 1.74. The Balaban J connectivity index is 2.02. The van der Waals surface area contributed by atoms with E-state index in [-0.39, 0.29) is 18.5 Å². The van der Waals surface area contributed by atoms with Crippen LogP contribution in [0.2, 0.25) is 0 Å². The Bertz CT molecular complexity index is 227. The number of hydrogen-bond acceptors (Lipinski definition) is 3. The summed E-state index contributed by atoms with van der Waals surface area (Å²) in [5, 5.41) is 9.33. The average Bonchev–Trinajstić information content (AvgIpc) is 2.30. The number of cyclic esters (lactones) is 1. The highest BCUT2D eigenvalue weighted by Crippen LogP contribution is 2.38. The van der Waals surface area contributed by atoms with Crippen LogP contribution in [-0.4, -0.2) is 24.3 Å². The van der Waals surface area contributed by atoms with E-state index in [0.29, 0.717) is 18.4 Å². The van der Waals surface area contributed by atoms with Gasteiger partial charge in [-0.3, -0.25) is 4.79 Å². The predicted molar refractivity (Wildman–Crippen MR) is 56.2 cm³/mol. The first-order valence-electron chi connectivity index (χ1n) is 6.10. The number of hydrogen-bond donors (Lipinski definition) is 1. The summed E-state index contributed by atoms with van der Waals surface area (Å²) in [4.78, 5) is 11.7. The molecule has 0 unspecified atom stereocenters. The molecule has 0 radical (unpaired) electrons. The van der Waals surface area contributed by atoms with E-state index in [0.717, 1.165) is 25.7 Å². The van der Waals surface area contributed by atoms with Gasteiger partial charge in [0, 0.05) is 6.61 Å². The smallest absolute Gasteiger partial charge is 0.309 e. The van der Waals surface area contributed by atoms with Crippen molar-refractivity contribution in [2.24, 2.45) is 17.8 Å². The monoisotopic (exact) mass is 212 g/mol. The second-order valence-corrected chi connectivity index (χ2v) is 4.81. The summed E-state index contributed by atoms with van der Waals surface area (Å²) in [6, 6.07) is 0. The fourth-order valence-electron chi connectivity index (χ4n) is 3.08. The molecule has 0 spiro atoms. The van der Waals surface area contributed by atoms with Crippen LogP contribution < -0.4 is 0 Å². The number of rotatable bonds is 2. The van der Waals surface area contributed by atoms with E-state index in [1.807, 2.05) is 0 Å². The molecule has 2 aliphatic rings. The van der Waals surface area contributed by atoms with Crippen molar-refractivity contribution >= 4 is 5.97 Å². The maximum atomic E-state index is 11.7. The van der Waals surface area contributed by atoms with Crippen molar-refractivity contribution in [2.45, 2.75) is 38.5 Å². The fourth-order valence-corrected chi connectivity index (χ4v) is 3.08. The summed E-state index contributed by atoms with van der Waals surface area (Å²) in [5.41, 5.74) is 0. The third-order valence-corrected chi connectivity index (χ3v) is 3.93. The lowest BCUT2D eigenvalue weighted by Crippen LogP contribution is -2.37. The normalized spacial score (nSPS) is 37.4. The number of aliphatic hydroxyl groups is 1. The standard InChI is InChI=1S/C12H20O3/c13-8-9-4-1-2-5-10(9)11-6-3-7-15-12(11)14/h9-11,13H,1-8H2/t9-,10+,11-/m1/s1. The maximum absolute atomic E-state index is 11.7. The molecule has 0 aromatic heterocycles. The molecule has 0 aromatic carbocycles. The van der Waals surface area contributed by atoms with Gasteiger partial charge in [-0.2, -0.15) is 0 Å². The summed E-state index contributed by atoms with van der Waals surface area (Å²) in [6.07, 6.45) is 6.51. The lowest BCUT2D eigenvalue weighted by molar-refractivity contribution is -0.157. The van der Waals surface area contributed by atoms with Gasteiger partial charge in [0.05, 0.1) is 12.5 Å². The largest absolute Gasteiger partial charge is 0.465 e. The van der Waals surface area contributed by atoms with Crippen molar-refractivity contribution in [3.8, 4) is 0 Å². The SMILES string of the molecule is O=C1OCCC[C@@H]1[C@H]1CCCC[C@@H]1CO. The van der Waals surface area contributed by atoms with Gasteiger partial charge in [0.2, 0.25) is 0 Å². The zero-order valence-electron chi connectivity index (χ0n) is 9.15.